The number of anilines is 2. The molecule has 39 heavy (non-hydrogen) atoms. The number of amides is 1. The summed E-state index contributed by atoms with van der Waals surface area (Å²) in [4.78, 5) is 27.0. The van der Waals surface area contributed by atoms with E-state index in [2.05, 4.69) is 44.8 Å². The van der Waals surface area contributed by atoms with Crippen LogP contribution >= 0.6 is 0 Å². The summed E-state index contributed by atoms with van der Waals surface area (Å²) in [6, 6.07) is 18.2. The van der Waals surface area contributed by atoms with Crippen molar-refractivity contribution in [3.05, 3.63) is 82.5 Å². The van der Waals surface area contributed by atoms with Crippen molar-refractivity contribution in [2.45, 2.75) is 20.4 Å². The van der Waals surface area contributed by atoms with Gasteiger partial charge in [-0.15, -0.1) is 0 Å². The van der Waals surface area contributed by atoms with Gasteiger partial charge < -0.3 is 19.4 Å². The van der Waals surface area contributed by atoms with Crippen LogP contribution in [0.5, 0.6) is 5.75 Å². The summed E-state index contributed by atoms with van der Waals surface area (Å²) in [6.45, 7) is 11.3. The highest BCUT2D eigenvalue weighted by Gasteiger charge is 2.26. The second-order valence-electron chi connectivity index (χ2n) is 10.3. The first kappa shape index (κ1) is 26.5. The molecule has 0 aliphatic carbocycles. The SMILES string of the molecule is COc1cccnc1N1CCN(C(=O)c2cc(CN3CCN(c4ccccc4C#N)CC3)c(C)cc2C)CC1. The Kier molecular flexibility index (Phi) is 7.99. The third-order valence-corrected chi connectivity index (χ3v) is 7.88. The third-order valence-electron chi connectivity index (χ3n) is 7.88. The molecule has 8 heteroatoms. The van der Waals surface area contributed by atoms with E-state index in [-0.39, 0.29) is 5.91 Å². The lowest BCUT2D eigenvalue weighted by Crippen LogP contribution is -2.49. The van der Waals surface area contributed by atoms with Gasteiger partial charge >= 0.3 is 0 Å². The number of nitriles is 1. The van der Waals surface area contributed by atoms with E-state index in [0.717, 1.165) is 79.8 Å². The van der Waals surface area contributed by atoms with Crippen LogP contribution in [0.3, 0.4) is 0 Å². The van der Waals surface area contributed by atoms with Crippen molar-refractivity contribution in [2.24, 2.45) is 0 Å². The number of pyridine rings is 1. The van der Waals surface area contributed by atoms with Gasteiger partial charge in [-0.3, -0.25) is 9.69 Å². The van der Waals surface area contributed by atoms with Crippen LogP contribution in [0.15, 0.2) is 54.7 Å². The molecular weight excluding hydrogens is 488 g/mol. The number of rotatable bonds is 6. The van der Waals surface area contributed by atoms with Crippen molar-refractivity contribution in [3.63, 3.8) is 0 Å². The molecule has 2 aliphatic heterocycles. The topological polar surface area (TPSA) is 75.9 Å². The van der Waals surface area contributed by atoms with Crippen molar-refractivity contribution >= 4 is 17.4 Å². The summed E-state index contributed by atoms with van der Waals surface area (Å²) in [5.74, 6) is 1.68. The first-order chi connectivity index (χ1) is 19.0. The van der Waals surface area contributed by atoms with Gasteiger partial charge in [0.1, 0.15) is 6.07 Å². The molecule has 0 spiro atoms. The summed E-state index contributed by atoms with van der Waals surface area (Å²) < 4.78 is 5.48. The summed E-state index contributed by atoms with van der Waals surface area (Å²) >= 11 is 0. The second-order valence-corrected chi connectivity index (χ2v) is 10.3. The Morgan fingerprint density at radius 3 is 2.36 bits per heavy atom. The molecule has 8 nitrogen and oxygen atoms in total. The molecule has 0 bridgehead atoms. The predicted molar refractivity (Wildman–Crippen MR) is 153 cm³/mol. The lowest BCUT2D eigenvalue weighted by Gasteiger charge is -2.37. The Morgan fingerprint density at radius 2 is 1.64 bits per heavy atom. The van der Waals surface area contributed by atoms with Crippen LogP contribution in [0, 0.1) is 25.2 Å². The highest BCUT2D eigenvalue weighted by Crippen LogP contribution is 2.27. The number of hydrogen-bond acceptors (Lipinski definition) is 7. The van der Waals surface area contributed by atoms with E-state index in [1.54, 1.807) is 13.3 Å². The second kappa shape index (κ2) is 11.7. The first-order valence-corrected chi connectivity index (χ1v) is 13.6. The standard InChI is InChI=1S/C31H36N6O2/c1-23-19-24(2)27(31(38)37-17-15-36(16-18-37)30-29(39-3)9-6-10-33-30)20-26(23)22-34-11-13-35(14-12-34)28-8-5-4-7-25(28)21-32/h4-10,19-20H,11-18,22H2,1-3H3. The molecule has 2 aromatic carbocycles. The van der Waals surface area contributed by atoms with Gasteiger partial charge in [-0.25, -0.2) is 4.98 Å². The Balaban J connectivity index is 1.23. The van der Waals surface area contributed by atoms with E-state index < -0.39 is 0 Å². The maximum Gasteiger partial charge on any atom is 0.254 e. The van der Waals surface area contributed by atoms with Crippen LogP contribution in [0.4, 0.5) is 11.5 Å². The van der Waals surface area contributed by atoms with E-state index >= 15 is 0 Å². The number of carbonyl (C=O) groups is 1. The first-order valence-electron chi connectivity index (χ1n) is 13.6. The van der Waals surface area contributed by atoms with Crippen LogP contribution < -0.4 is 14.5 Å². The maximum atomic E-state index is 13.6. The maximum absolute atomic E-state index is 13.6. The van der Waals surface area contributed by atoms with Gasteiger partial charge in [0.25, 0.3) is 5.91 Å². The lowest BCUT2D eigenvalue weighted by molar-refractivity contribution is 0.0745. The molecular formula is C31H36N6O2. The molecule has 0 atom stereocenters. The van der Waals surface area contributed by atoms with Gasteiger partial charge in [-0.1, -0.05) is 18.2 Å². The molecule has 0 radical (unpaired) electrons. The van der Waals surface area contributed by atoms with Gasteiger partial charge in [0.15, 0.2) is 11.6 Å². The molecule has 3 heterocycles. The van der Waals surface area contributed by atoms with E-state index in [9.17, 15) is 10.1 Å². The number of hydrogen-bond donors (Lipinski definition) is 0. The van der Waals surface area contributed by atoms with Crippen molar-refractivity contribution in [1.29, 1.82) is 5.26 Å². The number of para-hydroxylation sites is 1. The summed E-state index contributed by atoms with van der Waals surface area (Å²) in [5, 5.41) is 9.47. The van der Waals surface area contributed by atoms with Gasteiger partial charge in [0.2, 0.25) is 0 Å². The number of carbonyl (C=O) groups excluding carboxylic acids is 1. The molecule has 1 amide bonds. The van der Waals surface area contributed by atoms with Gasteiger partial charge in [-0.05, 0) is 60.9 Å². The van der Waals surface area contributed by atoms with Crippen LogP contribution in [0.25, 0.3) is 0 Å². The van der Waals surface area contributed by atoms with Crippen LogP contribution in [0.1, 0.15) is 32.6 Å². The summed E-state index contributed by atoms with van der Waals surface area (Å²) in [6.07, 6.45) is 1.78. The fourth-order valence-corrected chi connectivity index (χ4v) is 5.60. The highest BCUT2D eigenvalue weighted by atomic mass is 16.5. The normalized spacial score (nSPS) is 16.2. The summed E-state index contributed by atoms with van der Waals surface area (Å²) in [7, 11) is 1.66. The predicted octanol–water partition coefficient (Wildman–Crippen LogP) is 3.86. The van der Waals surface area contributed by atoms with Crippen LogP contribution in [-0.4, -0.2) is 80.2 Å². The number of methoxy groups -OCH3 is 1. The Hall–Kier alpha value is -4.09. The largest absolute Gasteiger partial charge is 0.493 e. The van der Waals surface area contributed by atoms with Crippen molar-refractivity contribution < 1.29 is 9.53 Å². The highest BCUT2D eigenvalue weighted by molar-refractivity contribution is 5.96. The quantitative estimate of drug-likeness (QED) is 0.485. The zero-order valence-corrected chi connectivity index (χ0v) is 23.1. The number of benzene rings is 2. The number of aryl methyl sites for hydroxylation is 2. The molecule has 2 fully saturated rings. The Bertz CT molecular complexity index is 1370. The van der Waals surface area contributed by atoms with E-state index in [1.165, 1.54) is 11.1 Å². The Morgan fingerprint density at radius 1 is 0.923 bits per heavy atom. The van der Waals surface area contributed by atoms with Crippen LogP contribution in [-0.2, 0) is 6.54 Å². The van der Waals surface area contributed by atoms with Gasteiger partial charge in [0.05, 0.1) is 18.4 Å². The van der Waals surface area contributed by atoms with Gasteiger partial charge in [-0.2, -0.15) is 5.26 Å². The third kappa shape index (κ3) is 5.69. The monoisotopic (exact) mass is 524 g/mol. The van der Waals surface area contributed by atoms with Gasteiger partial charge in [0, 0.05) is 70.7 Å². The minimum absolute atomic E-state index is 0.0966. The smallest absolute Gasteiger partial charge is 0.254 e. The van der Waals surface area contributed by atoms with Crippen molar-refractivity contribution in [3.8, 4) is 11.8 Å². The average molecular weight is 525 g/mol. The van der Waals surface area contributed by atoms with E-state index in [1.807, 2.05) is 48.2 Å². The van der Waals surface area contributed by atoms with E-state index in [4.69, 9.17) is 4.74 Å². The summed E-state index contributed by atoms with van der Waals surface area (Å²) in [5.41, 5.74) is 5.97. The fraction of sp³-hybridized carbons (Fsp3) is 0.387. The molecule has 0 saturated carbocycles. The average Bonchev–Trinajstić information content (AvgIpc) is 2.98. The molecule has 3 aromatic rings. The minimum atomic E-state index is 0.0966. The minimum Gasteiger partial charge on any atom is -0.493 e. The number of ether oxygens (including phenoxy) is 1. The van der Waals surface area contributed by atoms with Crippen LogP contribution in [0.2, 0.25) is 0 Å². The van der Waals surface area contributed by atoms with E-state index in [0.29, 0.717) is 13.1 Å². The number of piperazine rings is 2. The van der Waals surface area contributed by atoms with Crippen molar-refractivity contribution in [1.82, 2.24) is 14.8 Å². The fourth-order valence-electron chi connectivity index (χ4n) is 5.60. The molecule has 202 valence electrons. The molecule has 2 aliphatic rings. The molecule has 5 rings (SSSR count). The number of nitrogens with zero attached hydrogens (tertiary/aromatic N) is 6. The Labute approximate surface area is 231 Å². The molecule has 0 unspecified atom stereocenters. The number of aromatic nitrogens is 1. The van der Waals surface area contributed by atoms with Crippen molar-refractivity contribution in [2.75, 3.05) is 69.3 Å². The lowest BCUT2D eigenvalue weighted by atomic mass is 9.98. The zero-order valence-electron chi connectivity index (χ0n) is 23.1. The molecule has 1 aromatic heterocycles. The molecule has 2 saturated heterocycles. The zero-order chi connectivity index (χ0) is 27.4. The molecule has 0 N–H and O–H groups in total.